The highest BCUT2D eigenvalue weighted by Crippen LogP contribution is 2.37. The van der Waals surface area contributed by atoms with Crippen LogP contribution >= 0.6 is 11.3 Å². The first kappa shape index (κ1) is 16.5. The molecule has 21 heavy (non-hydrogen) atoms. The van der Waals surface area contributed by atoms with E-state index < -0.39 is 10.9 Å². The number of aliphatic hydroxyl groups excluding tert-OH is 1. The minimum Gasteiger partial charge on any atom is -0.623 e. The Balaban J connectivity index is 2.09. The van der Waals surface area contributed by atoms with E-state index in [4.69, 9.17) is 9.47 Å². The van der Waals surface area contributed by atoms with E-state index in [2.05, 4.69) is 17.1 Å². The van der Waals surface area contributed by atoms with Crippen molar-refractivity contribution in [1.82, 2.24) is 19.7 Å². The number of ether oxygens (including phenoxy) is 2. The fourth-order valence-electron chi connectivity index (χ4n) is 2.30. The van der Waals surface area contributed by atoms with E-state index in [-0.39, 0.29) is 17.8 Å². The highest BCUT2D eigenvalue weighted by Gasteiger charge is 2.49. The molecule has 1 aromatic heterocycles. The monoisotopic (exact) mass is 318 g/mol. The van der Waals surface area contributed by atoms with E-state index in [1.807, 2.05) is 0 Å². The molecule has 120 valence electrons. The second-order valence-corrected chi connectivity index (χ2v) is 6.10. The van der Waals surface area contributed by atoms with Gasteiger partial charge in [-0.2, -0.15) is 0 Å². The van der Waals surface area contributed by atoms with Crippen molar-refractivity contribution in [2.75, 3.05) is 34.0 Å². The molecule has 2 rings (SSSR count). The molecule has 1 N–H and O–H groups in total. The van der Waals surface area contributed by atoms with Crippen molar-refractivity contribution in [3.05, 3.63) is 5.21 Å². The Kier molecular flexibility index (Phi) is 5.47. The Morgan fingerprint density at radius 2 is 2.29 bits per heavy atom. The van der Waals surface area contributed by atoms with Gasteiger partial charge in [0.05, 0.1) is 13.2 Å². The van der Waals surface area contributed by atoms with Gasteiger partial charge < -0.3 is 19.8 Å². The standard InChI is InChI=1S/C12H22N4O4S/c1-4-5-6-20-12-14-13-11(21-12)16(18)8-15(2)9(7-19-3)10(16)17/h9-10,17H,4-8H2,1-3H3. The van der Waals surface area contributed by atoms with Gasteiger partial charge in [-0.1, -0.05) is 23.5 Å². The Labute approximate surface area is 128 Å². The van der Waals surface area contributed by atoms with E-state index in [9.17, 15) is 10.3 Å². The molecule has 1 fully saturated rings. The molecule has 0 aromatic carbocycles. The summed E-state index contributed by atoms with van der Waals surface area (Å²) in [5.41, 5.74) is 0. The average Bonchev–Trinajstić information content (AvgIpc) is 3.00. The summed E-state index contributed by atoms with van der Waals surface area (Å²) in [6.45, 7) is 3.02. The van der Waals surface area contributed by atoms with E-state index in [1.54, 1.807) is 19.1 Å². The zero-order valence-electron chi connectivity index (χ0n) is 12.6. The van der Waals surface area contributed by atoms with Crippen molar-refractivity contribution in [2.45, 2.75) is 32.0 Å². The van der Waals surface area contributed by atoms with Gasteiger partial charge in [-0.15, -0.1) is 0 Å². The lowest BCUT2D eigenvalue weighted by Gasteiger charge is -2.37. The lowest BCUT2D eigenvalue weighted by molar-refractivity contribution is 0.0228. The van der Waals surface area contributed by atoms with Gasteiger partial charge in [0.2, 0.25) is 6.23 Å². The van der Waals surface area contributed by atoms with Gasteiger partial charge >= 0.3 is 5.13 Å². The van der Waals surface area contributed by atoms with Crippen LogP contribution in [0.5, 0.6) is 5.19 Å². The van der Waals surface area contributed by atoms with Gasteiger partial charge in [-0.25, -0.2) is 4.90 Å². The number of quaternary nitrogens is 1. The topological polar surface area (TPSA) is 90.8 Å². The average molecular weight is 318 g/mol. The summed E-state index contributed by atoms with van der Waals surface area (Å²) in [5, 5.41) is 31.6. The van der Waals surface area contributed by atoms with Gasteiger partial charge in [-0.3, -0.25) is 4.65 Å². The van der Waals surface area contributed by atoms with Gasteiger partial charge in [-0.05, 0) is 13.5 Å². The molecule has 1 aromatic rings. The lowest BCUT2D eigenvalue weighted by Crippen LogP contribution is -2.51. The maximum absolute atomic E-state index is 12.9. The summed E-state index contributed by atoms with van der Waals surface area (Å²) in [4.78, 5) is 1.78. The zero-order valence-corrected chi connectivity index (χ0v) is 13.4. The second kappa shape index (κ2) is 6.95. The van der Waals surface area contributed by atoms with Crippen LogP contribution in [-0.4, -0.2) is 66.5 Å². The van der Waals surface area contributed by atoms with Gasteiger partial charge in [0.15, 0.2) is 0 Å². The second-order valence-electron chi connectivity index (χ2n) is 5.18. The Hall–Kier alpha value is -0.840. The molecule has 0 radical (unpaired) electrons. The van der Waals surface area contributed by atoms with Crippen molar-refractivity contribution in [2.24, 2.45) is 0 Å². The van der Waals surface area contributed by atoms with E-state index in [1.165, 1.54) is 0 Å². The van der Waals surface area contributed by atoms with Gasteiger partial charge in [0.25, 0.3) is 5.19 Å². The number of methoxy groups -OCH3 is 1. The smallest absolute Gasteiger partial charge is 0.313 e. The van der Waals surface area contributed by atoms with Crippen molar-refractivity contribution >= 4 is 16.5 Å². The third-order valence-corrected chi connectivity index (χ3v) is 4.50. The van der Waals surface area contributed by atoms with Crippen molar-refractivity contribution < 1.29 is 14.6 Å². The van der Waals surface area contributed by atoms with Crippen molar-refractivity contribution in [1.29, 1.82) is 0 Å². The van der Waals surface area contributed by atoms with E-state index in [0.29, 0.717) is 18.4 Å². The largest absolute Gasteiger partial charge is 0.623 e. The lowest BCUT2D eigenvalue weighted by atomic mass is 10.3. The van der Waals surface area contributed by atoms with Crippen molar-refractivity contribution in [3.63, 3.8) is 0 Å². The first-order valence-electron chi connectivity index (χ1n) is 6.95. The Morgan fingerprint density at radius 3 is 2.95 bits per heavy atom. The van der Waals surface area contributed by atoms with Crippen LogP contribution in [0.1, 0.15) is 19.8 Å². The SMILES string of the molecule is CCCCOc1nnc([N+]2([O-])CN(C)C(COC)C2O)s1. The van der Waals surface area contributed by atoms with E-state index in [0.717, 1.165) is 24.2 Å². The number of aliphatic hydroxyl groups is 1. The molecule has 3 unspecified atom stereocenters. The minimum absolute atomic E-state index is 0.110. The number of unbranched alkanes of at least 4 members (excludes halogenated alkanes) is 1. The molecule has 2 heterocycles. The highest BCUT2D eigenvalue weighted by atomic mass is 32.1. The maximum atomic E-state index is 12.9. The highest BCUT2D eigenvalue weighted by molar-refractivity contribution is 7.16. The quantitative estimate of drug-likeness (QED) is 0.451. The number of nitrogens with zero attached hydrogens (tertiary/aromatic N) is 4. The van der Waals surface area contributed by atoms with Crippen LogP contribution in [0.2, 0.25) is 0 Å². The van der Waals surface area contributed by atoms with Crippen LogP contribution in [0.4, 0.5) is 5.13 Å². The molecular formula is C12H22N4O4S. The molecule has 1 aliphatic rings. The summed E-state index contributed by atoms with van der Waals surface area (Å²) in [6.07, 6.45) is 0.801. The first-order valence-corrected chi connectivity index (χ1v) is 7.77. The summed E-state index contributed by atoms with van der Waals surface area (Å²) in [5.74, 6) is 0. The van der Waals surface area contributed by atoms with Crippen LogP contribution < -0.4 is 9.38 Å². The third kappa shape index (κ3) is 3.33. The van der Waals surface area contributed by atoms with Gasteiger partial charge in [0, 0.05) is 18.4 Å². The van der Waals surface area contributed by atoms with Crippen LogP contribution in [0, 0.1) is 5.21 Å². The fourth-order valence-corrected chi connectivity index (χ4v) is 3.08. The van der Waals surface area contributed by atoms with Gasteiger partial charge in [0.1, 0.15) is 12.7 Å². The first-order chi connectivity index (χ1) is 10.0. The molecule has 0 aliphatic carbocycles. The minimum atomic E-state index is -1.15. The molecule has 0 amide bonds. The Morgan fingerprint density at radius 1 is 1.52 bits per heavy atom. The molecule has 0 bridgehead atoms. The number of aromatic nitrogens is 2. The maximum Gasteiger partial charge on any atom is 0.313 e. The zero-order chi connectivity index (χ0) is 15.5. The van der Waals surface area contributed by atoms with Crippen LogP contribution in [0.15, 0.2) is 0 Å². The molecule has 1 aliphatic heterocycles. The van der Waals surface area contributed by atoms with Crippen LogP contribution in [0.25, 0.3) is 0 Å². The normalized spacial score (nSPS) is 30.0. The number of rotatable bonds is 7. The predicted molar refractivity (Wildman–Crippen MR) is 79.8 cm³/mol. The van der Waals surface area contributed by atoms with Crippen molar-refractivity contribution in [3.8, 4) is 5.19 Å². The van der Waals surface area contributed by atoms with Crippen LogP contribution in [-0.2, 0) is 4.74 Å². The third-order valence-electron chi connectivity index (χ3n) is 3.55. The summed E-state index contributed by atoms with van der Waals surface area (Å²) < 4.78 is 9.57. The molecule has 0 spiro atoms. The number of likely N-dealkylation sites (N-methyl/N-ethyl adjacent to an activating group) is 1. The summed E-state index contributed by atoms with van der Waals surface area (Å²) in [7, 11) is 3.33. The number of hydroxylamine groups is 2. The number of hydrogen-bond donors (Lipinski definition) is 1. The Bertz CT molecular complexity index is 460. The predicted octanol–water partition coefficient (Wildman–Crippen LogP) is 0.758. The van der Waals surface area contributed by atoms with E-state index >= 15 is 0 Å². The summed E-state index contributed by atoms with van der Waals surface area (Å²) in [6, 6.07) is -0.360. The summed E-state index contributed by atoms with van der Waals surface area (Å²) >= 11 is 1.09. The molecule has 1 saturated heterocycles. The molecule has 9 heteroatoms. The molecule has 8 nitrogen and oxygen atoms in total. The molecule has 3 atom stereocenters. The fraction of sp³-hybridized carbons (Fsp3) is 0.833. The molecular weight excluding hydrogens is 296 g/mol. The van der Waals surface area contributed by atoms with Crippen LogP contribution in [0.3, 0.4) is 0 Å². The molecule has 0 saturated carbocycles. The number of hydrogen-bond acceptors (Lipinski definition) is 8.